The quantitative estimate of drug-likeness (QED) is 0.319. The average molecular weight is 520 g/mol. The number of carbonyl (C=O) groups excluding carboxylic acids is 1. The molecule has 0 atom stereocenters. The number of hydrogen-bond acceptors (Lipinski definition) is 5. The van der Waals surface area contributed by atoms with Crippen molar-refractivity contribution in [2.24, 2.45) is 5.14 Å². The number of carbonyl (C=O) groups is 1. The zero-order valence-electron chi connectivity index (χ0n) is 21.7. The number of rotatable bonds is 9. The molecule has 8 nitrogen and oxygen atoms in total. The molecule has 0 unspecified atom stereocenters. The fourth-order valence-corrected chi connectivity index (χ4v) is 5.34. The van der Waals surface area contributed by atoms with Crippen LogP contribution in [0.1, 0.15) is 55.8 Å². The molecule has 3 N–H and O–H groups in total. The molecule has 0 fully saturated rings. The first kappa shape index (κ1) is 26.5. The number of amides is 1. The maximum absolute atomic E-state index is 12.3. The Bertz CT molecular complexity index is 1560. The highest BCUT2D eigenvalue weighted by Crippen LogP contribution is 2.30. The lowest BCUT2D eigenvalue weighted by Crippen LogP contribution is -2.14. The van der Waals surface area contributed by atoms with Crippen molar-refractivity contribution >= 4 is 32.8 Å². The number of benzene rings is 2. The highest BCUT2D eigenvalue weighted by atomic mass is 32.2. The molecule has 2 aromatic heterocycles. The number of sulfonamides is 1. The predicted octanol–water partition coefficient (Wildman–Crippen LogP) is 5.10. The minimum Gasteiger partial charge on any atom is -0.324 e. The van der Waals surface area contributed by atoms with Crippen LogP contribution in [0, 0.1) is 13.8 Å². The smallest absolute Gasteiger partial charge is 0.238 e. The number of aryl methyl sites for hydroxylation is 3. The van der Waals surface area contributed by atoms with Crippen LogP contribution in [0.2, 0.25) is 0 Å². The molecule has 4 rings (SSSR count). The van der Waals surface area contributed by atoms with Gasteiger partial charge in [-0.05, 0) is 43.9 Å². The van der Waals surface area contributed by atoms with Crippen molar-refractivity contribution in [2.45, 2.75) is 64.8 Å². The van der Waals surface area contributed by atoms with E-state index in [9.17, 15) is 13.2 Å². The lowest BCUT2D eigenvalue weighted by Gasteiger charge is -2.13. The number of fused-ring (bicyclic) bond motifs is 1. The van der Waals surface area contributed by atoms with Crippen molar-refractivity contribution in [3.8, 4) is 11.1 Å². The highest BCUT2D eigenvalue weighted by Gasteiger charge is 2.19. The van der Waals surface area contributed by atoms with Gasteiger partial charge in [0.2, 0.25) is 15.9 Å². The zero-order chi connectivity index (χ0) is 26.7. The van der Waals surface area contributed by atoms with Crippen LogP contribution in [0.3, 0.4) is 0 Å². The standard InChI is InChI=1S/C28H33N5O3S/c1-5-9-24-31-27-18(3)26(32-25(34)10-6-2)19(4)30-28(27)33(24)17-20-13-15-21(16-14-20)22-11-7-8-12-23(22)37(29,35)36/h7-8,11-16H,5-6,9-10,17H2,1-4H3,(H,32,34)(H2,29,35,36). The number of anilines is 1. The van der Waals surface area contributed by atoms with Crippen molar-refractivity contribution in [1.29, 1.82) is 0 Å². The number of nitrogens with one attached hydrogen (secondary N) is 1. The van der Waals surface area contributed by atoms with E-state index in [4.69, 9.17) is 15.1 Å². The van der Waals surface area contributed by atoms with E-state index in [1.165, 1.54) is 6.07 Å². The number of hydrogen-bond donors (Lipinski definition) is 2. The molecule has 1 amide bonds. The van der Waals surface area contributed by atoms with Crippen LogP contribution in [0.4, 0.5) is 5.69 Å². The second kappa shape index (κ2) is 10.8. The summed E-state index contributed by atoms with van der Waals surface area (Å²) < 4.78 is 26.2. The number of aromatic nitrogens is 3. The first-order chi connectivity index (χ1) is 17.6. The van der Waals surface area contributed by atoms with Crippen molar-refractivity contribution in [1.82, 2.24) is 14.5 Å². The summed E-state index contributed by atoms with van der Waals surface area (Å²) in [5.74, 6) is 0.917. The van der Waals surface area contributed by atoms with Gasteiger partial charge in [-0.3, -0.25) is 4.79 Å². The number of nitrogens with two attached hydrogens (primary N) is 1. The molecule has 0 aliphatic heterocycles. The van der Waals surface area contributed by atoms with Gasteiger partial charge in [0, 0.05) is 24.0 Å². The molecule has 0 bridgehead atoms. The maximum atomic E-state index is 12.3. The summed E-state index contributed by atoms with van der Waals surface area (Å²) in [6.45, 7) is 8.54. The van der Waals surface area contributed by atoms with E-state index in [2.05, 4.69) is 16.8 Å². The first-order valence-corrected chi connectivity index (χ1v) is 14.1. The van der Waals surface area contributed by atoms with E-state index in [1.54, 1.807) is 18.2 Å². The van der Waals surface area contributed by atoms with Crippen LogP contribution in [0.15, 0.2) is 53.4 Å². The molecule has 9 heteroatoms. The Labute approximate surface area is 218 Å². The molecule has 0 saturated heterocycles. The Morgan fingerprint density at radius 2 is 1.70 bits per heavy atom. The van der Waals surface area contributed by atoms with Crippen molar-refractivity contribution in [3.63, 3.8) is 0 Å². The van der Waals surface area contributed by atoms with Crippen molar-refractivity contribution in [2.75, 3.05) is 5.32 Å². The van der Waals surface area contributed by atoms with Crippen LogP contribution in [0.25, 0.3) is 22.3 Å². The summed E-state index contributed by atoms with van der Waals surface area (Å²) in [4.78, 5) is 22.2. The summed E-state index contributed by atoms with van der Waals surface area (Å²) in [6, 6.07) is 14.5. The van der Waals surface area contributed by atoms with Crippen LogP contribution in [-0.4, -0.2) is 28.9 Å². The van der Waals surface area contributed by atoms with Crippen LogP contribution in [-0.2, 0) is 27.8 Å². The Morgan fingerprint density at radius 3 is 2.35 bits per heavy atom. The molecule has 0 aliphatic carbocycles. The molecule has 0 saturated carbocycles. The second-order valence-electron chi connectivity index (χ2n) is 9.27. The van der Waals surface area contributed by atoms with Gasteiger partial charge in [0.15, 0.2) is 5.65 Å². The van der Waals surface area contributed by atoms with Gasteiger partial charge in [-0.1, -0.05) is 56.3 Å². The Hall–Kier alpha value is -3.56. The van der Waals surface area contributed by atoms with Crippen molar-refractivity contribution < 1.29 is 13.2 Å². The molecule has 2 heterocycles. The Kier molecular flexibility index (Phi) is 7.75. The number of nitrogens with zero attached hydrogens (tertiary/aromatic N) is 3. The largest absolute Gasteiger partial charge is 0.324 e. The van der Waals surface area contributed by atoms with E-state index < -0.39 is 10.0 Å². The molecule has 0 radical (unpaired) electrons. The summed E-state index contributed by atoms with van der Waals surface area (Å²) >= 11 is 0. The lowest BCUT2D eigenvalue weighted by molar-refractivity contribution is -0.116. The lowest BCUT2D eigenvalue weighted by atomic mass is 10.0. The molecular weight excluding hydrogens is 486 g/mol. The van der Waals surface area contributed by atoms with E-state index in [0.717, 1.165) is 64.3 Å². The normalized spacial score (nSPS) is 11.7. The third-order valence-electron chi connectivity index (χ3n) is 6.40. The minimum atomic E-state index is -3.84. The monoisotopic (exact) mass is 519 g/mol. The minimum absolute atomic E-state index is 0.0211. The number of primary sulfonamides is 1. The highest BCUT2D eigenvalue weighted by molar-refractivity contribution is 7.89. The summed E-state index contributed by atoms with van der Waals surface area (Å²) in [6.07, 6.45) is 2.97. The Morgan fingerprint density at radius 1 is 1.00 bits per heavy atom. The van der Waals surface area contributed by atoms with Gasteiger partial charge in [0.25, 0.3) is 0 Å². The molecular formula is C28H33N5O3S. The van der Waals surface area contributed by atoms with Crippen molar-refractivity contribution in [3.05, 3.63) is 71.2 Å². The number of pyridine rings is 1. The van der Waals surface area contributed by atoms with Crippen LogP contribution < -0.4 is 10.5 Å². The van der Waals surface area contributed by atoms with E-state index in [1.807, 2.05) is 45.0 Å². The summed E-state index contributed by atoms with van der Waals surface area (Å²) in [5.41, 5.74) is 6.36. The van der Waals surface area contributed by atoms with Gasteiger partial charge in [0.1, 0.15) is 11.3 Å². The zero-order valence-corrected chi connectivity index (χ0v) is 22.5. The molecule has 4 aromatic rings. The molecule has 37 heavy (non-hydrogen) atoms. The van der Waals surface area contributed by atoms with E-state index >= 15 is 0 Å². The predicted molar refractivity (Wildman–Crippen MR) is 147 cm³/mol. The van der Waals surface area contributed by atoms with Gasteiger partial charge in [-0.15, -0.1) is 0 Å². The van der Waals surface area contributed by atoms with Gasteiger partial charge in [-0.25, -0.2) is 23.5 Å². The fraction of sp³-hybridized carbons (Fsp3) is 0.321. The third-order valence-corrected chi connectivity index (χ3v) is 7.37. The molecule has 0 aliphatic rings. The first-order valence-electron chi connectivity index (χ1n) is 12.5. The van der Waals surface area contributed by atoms with Gasteiger partial charge >= 0.3 is 0 Å². The van der Waals surface area contributed by atoms with E-state index in [0.29, 0.717) is 18.5 Å². The molecule has 0 spiro atoms. The second-order valence-corrected chi connectivity index (χ2v) is 10.8. The van der Waals surface area contributed by atoms with E-state index in [-0.39, 0.29) is 10.8 Å². The molecule has 194 valence electrons. The van der Waals surface area contributed by atoms with Crippen LogP contribution in [0.5, 0.6) is 0 Å². The summed E-state index contributed by atoms with van der Waals surface area (Å²) in [5, 5.41) is 8.44. The maximum Gasteiger partial charge on any atom is 0.238 e. The van der Waals surface area contributed by atoms with Gasteiger partial charge in [-0.2, -0.15) is 0 Å². The average Bonchev–Trinajstić information content (AvgIpc) is 3.19. The van der Waals surface area contributed by atoms with Crippen LogP contribution >= 0.6 is 0 Å². The number of imidazole rings is 1. The van der Waals surface area contributed by atoms with Gasteiger partial charge in [0.05, 0.1) is 22.8 Å². The fourth-order valence-electron chi connectivity index (χ4n) is 4.58. The Balaban J connectivity index is 1.72. The van der Waals surface area contributed by atoms with Gasteiger partial charge < -0.3 is 9.88 Å². The molecule has 2 aromatic carbocycles. The summed E-state index contributed by atoms with van der Waals surface area (Å²) in [7, 11) is -3.84. The SMILES string of the molecule is CCCC(=O)Nc1c(C)nc2c(nc(CCC)n2Cc2ccc(-c3ccccc3S(N)(=O)=O)cc2)c1C. The third kappa shape index (κ3) is 5.57. The topological polar surface area (TPSA) is 120 Å².